The van der Waals surface area contributed by atoms with Crippen LogP contribution in [0.3, 0.4) is 0 Å². The van der Waals surface area contributed by atoms with Crippen LogP contribution in [0.15, 0.2) is 27.4 Å². The van der Waals surface area contributed by atoms with Crippen molar-refractivity contribution in [2.75, 3.05) is 7.05 Å². The van der Waals surface area contributed by atoms with E-state index in [-0.39, 0.29) is 11.9 Å². The molecule has 19 heavy (non-hydrogen) atoms. The minimum Gasteiger partial charge on any atom is -0.313 e. The Hall–Kier alpha value is -0.980. The summed E-state index contributed by atoms with van der Waals surface area (Å²) in [6, 6.07) is 4.95. The molecule has 1 unspecified atom stereocenters. The van der Waals surface area contributed by atoms with E-state index >= 15 is 0 Å². The number of benzene rings is 1. The highest BCUT2D eigenvalue weighted by molar-refractivity contribution is 8.01. The molecule has 3 nitrogen and oxygen atoms in total. The van der Waals surface area contributed by atoms with E-state index in [4.69, 9.17) is 0 Å². The summed E-state index contributed by atoms with van der Waals surface area (Å²) >= 11 is 2.93. The summed E-state index contributed by atoms with van der Waals surface area (Å²) in [7, 11) is 1.87. The third-order valence-corrected chi connectivity index (χ3v) is 4.72. The molecule has 1 aromatic carbocycles. The average molecular weight is 297 g/mol. The van der Waals surface area contributed by atoms with Crippen LogP contribution in [-0.4, -0.2) is 16.4 Å². The maximum atomic E-state index is 13.4. The Bertz CT molecular complexity index is 557. The van der Waals surface area contributed by atoms with Crippen molar-refractivity contribution in [1.82, 2.24) is 14.7 Å². The van der Waals surface area contributed by atoms with Gasteiger partial charge in [0.05, 0.1) is 0 Å². The van der Waals surface area contributed by atoms with Gasteiger partial charge in [-0.1, -0.05) is 18.7 Å². The van der Waals surface area contributed by atoms with Gasteiger partial charge in [0.25, 0.3) is 0 Å². The van der Waals surface area contributed by atoms with E-state index in [9.17, 15) is 4.39 Å². The van der Waals surface area contributed by atoms with Gasteiger partial charge in [-0.05, 0) is 49.3 Å². The number of rotatable bonds is 5. The van der Waals surface area contributed by atoms with Gasteiger partial charge in [-0.2, -0.15) is 4.37 Å². The van der Waals surface area contributed by atoms with Crippen molar-refractivity contribution in [2.45, 2.75) is 35.5 Å². The number of halogens is 1. The second kappa shape index (κ2) is 6.45. The van der Waals surface area contributed by atoms with E-state index < -0.39 is 0 Å². The van der Waals surface area contributed by atoms with Gasteiger partial charge in [0.15, 0.2) is 4.34 Å². The lowest BCUT2D eigenvalue weighted by atomic mass is 10.1. The van der Waals surface area contributed by atoms with Crippen LogP contribution in [-0.2, 0) is 6.42 Å². The van der Waals surface area contributed by atoms with Crippen molar-refractivity contribution in [3.8, 4) is 0 Å². The van der Waals surface area contributed by atoms with E-state index in [1.54, 1.807) is 23.9 Å². The minimum atomic E-state index is -0.215. The zero-order chi connectivity index (χ0) is 13.8. The third kappa shape index (κ3) is 3.52. The molecule has 0 aliphatic rings. The molecule has 1 atom stereocenters. The molecule has 0 bridgehead atoms. The highest BCUT2D eigenvalue weighted by atomic mass is 32.2. The molecule has 0 spiro atoms. The first kappa shape index (κ1) is 14.4. The van der Waals surface area contributed by atoms with E-state index in [2.05, 4.69) is 14.7 Å². The second-order valence-electron chi connectivity index (χ2n) is 4.12. The number of aryl methyl sites for hydroxylation is 1. The van der Waals surface area contributed by atoms with Gasteiger partial charge in [-0.3, -0.25) is 0 Å². The van der Waals surface area contributed by atoms with Crippen LogP contribution in [0.1, 0.15) is 31.3 Å². The zero-order valence-corrected chi connectivity index (χ0v) is 12.7. The first-order valence-corrected chi connectivity index (χ1v) is 7.70. The molecule has 1 N–H and O–H groups in total. The highest BCUT2D eigenvalue weighted by Gasteiger charge is 2.13. The standard InChI is InChI=1S/C13H16FN3S2/c1-4-12-16-13(19-17-12)18-11-6-5-9(14)7-10(11)8(2)15-3/h5-8,15H,4H2,1-3H3. The fraction of sp³-hybridized carbons (Fsp3) is 0.385. The lowest BCUT2D eigenvalue weighted by Gasteiger charge is -2.14. The summed E-state index contributed by atoms with van der Waals surface area (Å²) in [4.78, 5) is 5.44. The van der Waals surface area contributed by atoms with E-state index in [0.29, 0.717) is 0 Å². The summed E-state index contributed by atoms with van der Waals surface area (Å²) in [5.41, 5.74) is 0.945. The monoisotopic (exact) mass is 297 g/mol. The number of nitrogens with zero attached hydrogens (tertiary/aromatic N) is 2. The SMILES string of the molecule is CCc1nsc(Sc2ccc(F)cc2C(C)NC)n1. The van der Waals surface area contributed by atoms with Crippen molar-refractivity contribution in [2.24, 2.45) is 0 Å². The summed E-state index contributed by atoms with van der Waals surface area (Å²) in [5, 5.41) is 3.14. The van der Waals surface area contributed by atoms with E-state index in [1.807, 2.05) is 20.9 Å². The quantitative estimate of drug-likeness (QED) is 0.913. The van der Waals surface area contributed by atoms with Gasteiger partial charge in [0, 0.05) is 17.4 Å². The maximum absolute atomic E-state index is 13.4. The van der Waals surface area contributed by atoms with Gasteiger partial charge < -0.3 is 5.32 Å². The van der Waals surface area contributed by atoms with Crippen LogP contribution in [0.4, 0.5) is 4.39 Å². The summed E-state index contributed by atoms with van der Waals surface area (Å²) < 4.78 is 18.5. The van der Waals surface area contributed by atoms with Crippen molar-refractivity contribution >= 4 is 23.3 Å². The molecule has 0 aliphatic carbocycles. The first-order valence-electron chi connectivity index (χ1n) is 6.11. The smallest absolute Gasteiger partial charge is 0.174 e. The molecular weight excluding hydrogens is 281 g/mol. The Morgan fingerprint density at radius 1 is 1.47 bits per heavy atom. The number of aromatic nitrogens is 2. The number of nitrogens with one attached hydrogen (secondary N) is 1. The fourth-order valence-corrected chi connectivity index (χ4v) is 3.48. The molecule has 2 aromatic rings. The van der Waals surface area contributed by atoms with Crippen LogP contribution in [0.25, 0.3) is 0 Å². The molecule has 0 saturated heterocycles. The Morgan fingerprint density at radius 2 is 2.26 bits per heavy atom. The Labute approximate surface area is 120 Å². The minimum absolute atomic E-state index is 0.0942. The predicted molar refractivity (Wildman–Crippen MR) is 77.3 cm³/mol. The van der Waals surface area contributed by atoms with Crippen LogP contribution >= 0.6 is 23.3 Å². The lowest BCUT2D eigenvalue weighted by Crippen LogP contribution is -2.13. The molecule has 0 amide bonds. The molecule has 6 heteroatoms. The molecule has 2 rings (SSSR count). The fourth-order valence-electron chi connectivity index (χ4n) is 1.62. The first-order chi connectivity index (χ1) is 9.13. The molecule has 1 aromatic heterocycles. The molecule has 102 valence electrons. The molecule has 0 saturated carbocycles. The number of hydrogen-bond donors (Lipinski definition) is 1. The zero-order valence-electron chi connectivity index (χ0n) is 11.1. The molecule has 0 fully saturated rings. The van der Waals surface area contributed by atoms with Crippen molar-refractivity contribution in [3.05, 3.63) is 35.4 Å². The van der Waals surface area contributed by atoms with Gasteiger partial charge in [-0.15, -0.1) is 0 Å². The van der Waals surface area contributed by atoms with Crippen molar-refractivity contribution in [1.29, 1.82) is 0 Å². The van der Waals surface area contributed by atoms with E-state index in [1.165, 1.54) is 17.6 Å². The molecule has 1 heterocycles. The molecule has 0 aliphatic heterocycles. The normalized spacial score (nSPS) is 12.6. The lowest BCUT2D eigenvalue weighted by molar-refractivity contribution is 0.601. The van der Waals surface area contributed by atoms with Crippen molar-refractivity contribution < 1.29 is 4.39 Å². The highest BCUT2D eigenvalue weighted by Crippen LogP contribution is 2.34. The summed E-state index contributed by atoms with van der Waals surface area (Å²) in [6.07, 6.45) is 0.834. The summed E-state index contributed by atoms with van der Waals surface area (Å²) in [5.74, 6) is 0.644. The Morgan fingerprint density at radius 3 is 2.89 bits per heavy atom. The largest absolute Gasteiger partial charge is 0.313 e. The maximum Gasteiger partial charge on any atom is 0.174 e. The predicted octanol–water partition coefficient (Wildman–Crippen LogP) is 3.67. The topological polar surface area (TPSA) is 37.8 Å². The van der Waals surface area contributed by atoms with Gasteiger partial charge in [0.1, 0.15) is 11.6 Å². The van der Waals surface area contributed by atoms with Crippen LogP contribution in [0, 0.1) is 5.82 Å². The van der Waals surface area contributed by atoms with Crippen LogP contribution in [0.5, 0.6) is 0 Å². The van der Waals surface area contributed by atoms with E-state index in [0.717, 1.165) is 27.0 Å². The van der Waals surface area contributed by atoms with Crippen LogP contribution < -0.4 is 5.32 Å². The van der Waals surface area contributed by atoms with Gasteiger partial charge in [-0.25, -0.2) is 9.37 Å². The average Bonchev–Trinajstić information content (AvgIpc) is 2.87. The Kier molecular flexibility index (Phi) is 4.90. The second-order valence-corrected chi connectivity index (χ2v) is 6.17. The third-order valence-electron chi connectivity index (χ3n) is 2.83. The molecular formula is C13H16FN3S2. The summed E-state index contributed by atoms with van der Waals surface area (Å²) in [6.45, 7) is 4.04. The Balaban J connectivity index is 2.28. The van der Waals surface area contributed by atoms with Gasteiger partial charge in [0.2, 0.25) is 0 Å². The van der Waals surface area contributed by atoms with Crippen molar-refractivity contribution in [3.63, 3.8) is 0 Å². The number of hydrogen-bond acceptors (Lipinski definition) is 5. The van der Waals surface area contributed by atoms with Gasteiger partial charge >= 0.3 is 0 Å². The van der Waals surface area contributed by atoms with Crippen LogP contribution in [0.2, 0.25) is 0 Å². The molecule has 0 radical (unpaired) electrons.